The maximum absolute atomic E-state index is 13.7. The minimum atomic E-state index is -0.393. The van der Waals surface area contributed by atoms with Gasteiger partial charge in [0.05, 0.1) is 42.2 Å². The highest BCUT2D eigenvalue weighted by Crippen LogP contribution is 2.38. The molecule has 0 saturated carbocycles. The fraction of sp³-hybridized carbons (Fsp3) is 0.217. The van der Waals surface area contributed by atoms with Gasteiger partial charge in [-0.1, -0.05) is 17.7 Å². The number of ether oxygens (including phenoxy) is 1. The fourth-order valence-corrected chi connectivity index (χ4v) is 4.61. The predicted molar refractivity (Wildman–Crippen MR) is 122 cm³/mol. The van der Waals surface area contributed by atoms with Crippen molar-refractivity contribution >= 4 is 34.8 Å². The summed E-state index contributed by atoms with van der Waals surface area (Å²) in [5.41, 5.74) is 4.06. The molecular weight excluding hydrogens is 447 g/mol. The number of halogens is 2. The third-order valence-corrected chi connectivity index (χ3v) is 6.18. The van der Waals surface area contributed by atoms with Crippen LogP contribution in [-0.2, 0) is 4.74 Å². The van der Waals surface area contributed by atoms with Crippen molar-refractivity contribution in [3.8, 4) is 11.3 Å². The molecule has 0 spiro atoms. The van der Waals surface area contributed by atoms with Crippen LogP contribution in [0.3, 0.4) is 0 Å². The number of urea groups is 1. The van der Waals surface area contributed by atoms with Crippen LogP contribution >= 0.6 is 11.6 Å². The van der Waals surface area contributed by atoms with E-state index in [2.05, 4.69) is 20.2 Å². The minimum Gasteiger partial charge on any atom is -0.378 e. The summed E-state index contributed by atoms with van der Waals surface area (Å²) in [6.07, 6.45) is 7.29. The van der Waals surface area contributed by atoms with Crippen molar-refractivity contribution in [2.45, 2.75) is 5.92 Å². The Bertz CT molecular complexity index is 1370. The Balaban J connectivity index is 1.58. The molecule has 0 radical (unpaired) electrons. The van der Waals surface area contributed by atoms with Crippen LogP contribution in [-0.4, -0.2) is 52.4 Å². The minimum absolute atomic E-state index is 0.259. The molecule has 1 aliphatic carbocycles. The van der Waals surface area contributed by atoms with Gasteiger partial charge in [-0.25, -0.2) is 19.2 Å². The molecule has 3 aromatic rings. The first-order valence-electron chi connectivity index (χ1n) is 10.5. The number of rotatable bonds is 3. The van der Waals surface area contributed by atoms with Gasteiger partial charge in [0.15, 0.2) is 11.5 Å². The smallest absolute Gasteiger partial charge is 0.346 e. The van der Waals surface area contributed by atoms with Gasteiger partial charge in [-0.15, -0.1) is 0 Å². The Morgan fingerprint density at radius 1 is 1.18 bits per heavy atom. The Labute approximate surface area is 193 Å². The number of fused-ring (bicyclic) bond motifs is 2. The van der Waals surface area contributed by atoms with Gasteiger partial charge in [-0.3, -0.25) is 4.40 Å². The lowest BCUT2D eigenvalue weighted by molar-refractivity contribution is 0.122. The number of hydrogen-bond donors (Lipinski definition) is 1. The van der Waals surface area contributed by atoms with Crippen LogP contribution in [0.1, 0.15) is 11.6 Å². The van der Waals surface area contributed by atoms with Gasteiger partial charge in [0.2, 0.25) is 0 Å². The van der Waals surface area contributed by atoms with Crippen molar-refractivity contribution in [2.24, 2.45) is 4.99 Å². The standard InChI is InChI=1S/C23H18ClFN6O2/c24-18-12-26-21(30-7-9-33-10-8-30)22-29-19(13-1-4-15(25)5-2-13)20(31(18)22)14-3-6-16-17(11-14)28-23(32)27-16/h1-6,11-12,14H,7-10H2,(H,28,32). The number of hydrogen-bond acceptors (Lipinski definition) is 5. The van der Waals surface area contributed by atoms with Crippen LogP contribution < -0.4 is 10.2 Å². The van der Waals surface area contributed by atoms with Crippen molar-refractivity contribution in [3.05, 3.63) is 71.1 Å². The van der Waals surface area contributed by atoms with Crippen LogP contribution in [0.15, 0.2) is 59.4 Å². The number of nitrogens with zero attached hydrogens (tertiary/aromatic N) is 5. The molecule has 1 fully saturated rings. The van der Waals surface area contributed by atoms with E-state index in [-0.39, 0.29) is 11.7 Å². The first kappa shape index (κ1) is 20.1. The molecular formula is C23H18ClFN6O2. The molecule has 0 bridgehead atoms. The summed E-state index contributed by atoms with van der Waals surface area (Å²) in [7, 11) is 0. The molecule has 1 atom stereocenters. The highest BCUT2D eigenvalue weighted by molar-refractivity contribution is 6.29. The lowest BCUT2D eigenvalue weighted by atomic mass is 9.93. The van der Waals surface area contributed by atoms with E-state index in [0.29, 0.717) is 60.0 Å². The van der Waals surface area contributed by atoms with Crippen LogP contribution in [0.2, 0.25) is 5.15 Å². The zero-order chi connectivity index (χ0) is 22.5. The van der Waals surface area contributed by atoms with Crippen LogP contribution in [0.4, 0.5) is 15.0 Å². The summed E-state index contributed by atoms with van der Waals surface area (Å²) < 4.78 is 21.0. The molecule has 1 unspecified atom stereocenters. The average Bonchev–Trinajstić information content (AvgIpc) is 3.40. The molecule has 1 N–H and O–H groups in total. The van der Waals surface area contributed by atoms with E-state index in [1.165, 1.54) is 12.1 Å². The largest absolute Gasteiger partial charge is 0.378 e. The number of carbonyl (C=O) groups is 1. The lowest BCUT2D eigenvalue weighted by Gasteiger charge is -2.28. The monoisotopic (exact) mass is 464 g/mol. The van der Waals surface area contributed by atoms with E-state index < -0.39 is 6.03 Å². The summed E-state index contributed by atoms with van der Waals surface area (Å²) in [5.74, 6) is 0.123. The number of aliphatic imine (C=N–C) groups is 1. The van der Waals surface area contributed by atoms with Gasteiger partial charge >= 0.3 is 6.03 Å². The summed E-state index contributed by atoms with van der Waals surface area (Å²) in [5, 5.41) is 3.16. The molecule has 8 nitrogen and oxygen atoms in total. The number of amides is 2. The number of carbonyl (C=O) groups excluding carboxylic acids is 1. The Morgan fingerprint density at radius 2 is 1.97 bits per heavy atom. The third kappa shape index (κ3) is 3.40. The second-order valence-electron chi connectivity index (χ2n) is 7.91. The molecule has 2 aromatic heterocycles. The van der Waals surface area contributed by atoms with Crippen molar-refractivity contribution in [3.63, 3.8) is 0 Å². The van der Waals surface area contributed by atoms with Crippen LogP contribution in [0, 0.1) is 5.82 Å². The number of nitrogens with one attached hydrogen (secondary N) is 1. The molecule has 2 amide bonds. The number of imidazole rings is 1. The normalized spacial score (nSPS) is 20.0. The Kier molecular flexibility index (Phi) is 4.74. The van der Waals surface area contributed by atoms with Gasteiger partial charge < -0.3 is 15.0 Å². The fourth-order valence-electron chi connectivity index (χ4n) is 4.39. The summed E-state index contributed by atoms with van der Waals surface area (Å²) in [6.45, 7) is 2.59. The third-order valence-electron chi connectivity index (χ3n) is 5.91. The number of aromatic nitrogens is 3. The maximum atomic E-state index is 13.7. The second kappa shape index (κ2) is 7.79. The van der Waals surface area contributed by atoms with Crippen molar-refractivity contribution in [1.29, 1.82) is 0 Å². The molecule has 10 heteroatoms. The van der Waals surface area contributed by atoms with Gasteiger partial charge in [0.25, 0.3) is 0 Å². The zero-order valence-corrected chi connectivity index (χ0v) is 18.1. The van der Waals surface area contributed by atoms with E-state index in [1.807, 2.05) is 22.6 Å². The Morgan fingerprint density at radius 3 is 2.76 bits per heavy atom. The molecule has 3 aliphatic rings. The average molecular weight is 465 g/mol. The molecule has 166 valence electrons. The van der Waals surface area contributed by atoms with Gasteiger partial charge in [0, 0.05) is 24.6 Å². The zero-order valence-electron chi connectivity index (χ0n) is 17.3. The van der Waals surface area contributed by atoms with E-state index in [1.54, 1.807) is 18.3 Å². The van der Waals surface area contributed by atoms with E-state index in [4.69, 9.17) is 21.3 Å². The number of morpholine rings is 1. The summed E-state index contributed by atoms with van der Waals surface area (Å²) >= 11 is 6.67. The quantitative estimate of drug-likeness (QED) is 0.638. The molecule has 6 rings (SSSR count). The molecule has 1 aromatic carbocycles. The second-order valence-corrected chi connectivity index (χ2v) is 8.30. The maximum Gasteiger partial charge on any atom is 0.346 e. The van der Waals surface area contributed by atoms with Crippen molar-refractivity contribution < 1.29 is 13.9 Å². The SMILES string of the molecule is O=C1N=C2C=CC(c3c(-c4ccc(F)cc4)nc4c(N5CCOCC5)ncc(Cl)n34)C=C2N1. The van der Waals surface area contributed by atoms with Gasteiger partial charge in [0.1, 0.15) is 11.0 Å². The van der Waals surface area contributed by atoms with Crippen LogP contribution in [0.5, 0.6) is 0 Å². The van der Waals surface area contributed by atoms with Crippen LogP contribution in [0.25, 0.3) is 16.9 Å². The first-order valence-corrected chi connectivity index (χ1v) is 10.9. The van der Waals surface area contributed by atoms with Crippen molar-refractivity contribution in [2.75, 3.05) is 31.2 Å². The predicted octanol–water partition coefficient (Wildman–Crippen LogP) is 3.73. The van der Waals surface area contributed by atoms with Gasteiger partial charge in [-0.05, 0) is 36.4 Å². The number of benzene rings is 1. The van der Waals surface area contributed by atoms with E-state index in [9.17, 15) is 9.18 Å². The lowest BCUT2D eigenvalue weighted by Crippen LogP contribution is -2.37. The first-order chi connectivity index (χ1) is 16.1. The molecule has 4 heterocycles. The number of anilines is 1. The number of allylic oxidation sites excluding steroid dienone is 3. The molecule has 2 aliphatic heterocycles. The highest BCUT2D eigenvalue weighted by Gasteiger charge is 2.29. The van der Waals surface area contributed by atoms with E-state index in [0.717, 1.165) is 11.3 Å². The topological polar surface area (TPSA) is 84.1 Å². The van der Waals surface area contributed by atoms with Gasteiger partial charge in [-0.2, -0.15) is 4.99 Å². The summed E-state index contributed by atoms with van der Waals surface area (Å²) in [6, 6.07) is 5.81. The Hall–Kier alpha value is -3.56. The highest BCUT2D eigenvalue weighted by atomic mass is 35.5. The van der Waals surface area contributed by atoms with E-state index >= 15 is 0 Å². The molecule has 1 saturated heterocycles. The summed E-state index contributed by atoms with van der Waals surface area (Å²) in [4.78, 5) is 27.4. The molecule has 33 heavy (non-hydrogen) atoms. The van der Waals surface area contributed by atoms with Crippen molar-refractivity contribution in [1.82, 2.24) is 19.7 Å².